The van der Waals surface area contributed by atoms with Crippen LogP contribution in [0.25, 0.3) is 10.2 Å². The van der Waals surface area contributed by atoms with Gasteiger partial charge in [-0.2, -0.15) is 0 Å². The largest absolute Gasteiger partial charge is 0.356 e. The molecule has 0 aliphatic carbocycles. The van der Waals surface area contributed by atoms with Crippen molar-refractivity contribution in [3.63, 3.8) is 0 Å². The van der Waals surface area contributed by atoms with Crippen molar-refractivity contribution >= 4 is 27.4 Å². The summed E-state index contributed by atoms with van der Waals surface area (Å²) in [5.41, 5.74) is 0. The number of aromatic nitrogens is 3. The third-order valence-corrected chi connectivity index (χ3v) is 5.71. The molecule has 0 amide bonds. The summed E-state index contributed by atoms with van der Waals surface area (Å²) in [5, 5.41) is 1.23. The third kappa shape index (κ3) is 2.39. The molecule has 1 fully saturated rings. The summed E-state index contributed by atoms with van der Waals surface area (Å²) in [5.74, 6) is 1.12. The summed E-state index contributed by atoms with van der Waals surface area (Å²) in [6.45, 7) is 4.32. The van der Waals surface area contributed by atoms with Crippen molar-refractivity contribution in [3.8, 4) is 0 Å². The summed E-state index contributed by atoms with van der Waals surface area (Å²) in [6, 6.07) is 7.11. The van der Waals surface area contributed by atoms with E-state index in [9.17, 15) is 0 Å². The van der Waals surface area contributed by atoms with Crippen LogP contribution in [0.4, 0.5) is 5.82 Å². The highest BCUT2D eigenvalue weighted by Gasteiger charge is 2.22. The molecule has 0 radical (unpaired) electrons. The zero-order chi connectivity index (χ0) is 14.9. The first-order valence-electron chi connectivity index (χ1n) is 7.96. The maximum absolute atomic E-state index is 4.58. The minimum atomic E-state index is 0.622. The predicted molar refractivity (Wildman–Crippen MR) is 91.7 cm³/mol. The van der Waals surface area contributed by atoms with Gasteiger partial charge in [0.05, 0.1) is 5.39 Å². The lowest BCUT2D eigenvalue weighted by Gasteiger charge is -2.33. The average molecular weight is 312 g/mol. The van der Waals surface area contributed by atoms with E-state index in [1.165, 1.54) is 23.1 Å². The second-order valence-electron chi connectivity index (χ2n) is 5.83. The van der Waals surface area contributed by atoms with Crippen molar-refractivity contribution in [2.45, 2.75) is 32.2 Å². The molecule has 4 rings (SSSR count). The van der Waals surface area contributed by atoms with Crippen LogP contribution >= 0.6 is 11.3 Å². The fourth-order valence-electron chi connectivity index (χ4n) is 3.29. The number of nitrogens with zero attached hydrogens (tertiary/aromatic N) is 4. The molecule has 1 aliphatic heterocycles. The molecular formula is C17H20N4S. The van der Waals surface area contributed by atoms with E-state index >= 15 is 0 Å². The van der Waals surface area contributed by atoms with Crippen molar-refractivity contribution in [2.75, 3.05) is 18.0 Å². The highest BCUT2D eigenvalue weighted by molar-refractivity contribution is 7.18. The standard InChI is InChI=1S/C17H20N4S/c1-2-14-11-15-16(18-12-19-17(15)22-14)21-9-5-13(6-10-21)20-7-3-4-8-20/h3-4,7-8,11-13H,2,5-6,9-10H2,1H3. The summed E-state index contributed by atoms with van der Waals surface area (Å²) >= 11 is 1.79. The van der Waals surface area contributed by atoms with Gasteiger partial charge in [-0.15, -0.1) is 11.3 Å². The minimum Gasteiger partial charge on any atom is -0.356 e. The van der Waals surface area contributed by atoms with Crippen LogP contribution in [0, 0.1) is 0 Å². The van der Waals surface area contributed by atoms with Gasteiger partial charge in [-0.1, -0.05) is 6.92 Å². The molecule has 4 heterocycles. The first-order valence-corrected chi connectivity index (χ1v) is 8.77. The van der Waals surface area contributed by atoms with Gasteiger partial charge in [0.15, 0.2) is 0 Å². The van der Waals surface area contributed by atoms with Crippen LogP contribution in [0.2, 0.25) is 0 Å². The van der Waals surface area contributed by atoms with E-state index in [1.807, 2.05) is 0 Å². The Morgan fingerprint density at radius 2 is 1.95 bits per heavy atom. The Balaban J connectivity index is 1.57. The Morgan fingerprint density at radius 3 is 2.68 bits per heavy atom. The maximum atomic E-state index is 4.58. The van der Waals surface area contributed by atoms with Gasteiger partial charge in [0.1, 0.15) is 17.0 Å². The molecule has 4 nitrogen and oxygen atoms in total. The van der Waals surface area contributed by atoms with Gasteiger partial charge in [-0.3, -0.25) is 0 Å². The van der Waals surface area contributed by atoms with Crippen LogP contribution in [-0.2, 0) is 6.42 Å². The molecule has 0 atom stereocenters. The van der Waals surface area contributed by atoms with E-state index < -0.39 is 0 Å². The van der Waals surface area contributed by atoms with Crippen molar-refractivity contribution in [2.24, 2.45) is 0 Å². The monoisotopic (exact) mass is 312 g/mol. The number of hydrogen-bond acceptors (Lipinski definition) is 4. The van der Waals surface area contributed by atoms with Crippen LogP contribution in [0.5, 0.6) is 0 Å². The zero-order valence-corrected chi connectivity index (χ0v) is 13.6. The first kappa shape index (κ1) is 13.8. The number of aryl methyl sites for hydroxylation is 1. The fraction of sp³-hybridized carbons (Fsp3) is 0.412. The van der Waals surface area contributed by atoms with Gasteiger partial charge >= 0.3 is 0 Å². The lowest BCUT2D eigenvalue weighted by Crippen LogP contribution is -2.35. The summed E-state index contributed by atoms with van der Waals surface area (Å²) in [6.07, 6.45) is 9.48. The molecule has 3 aromatic heterocycles. The Kier molecular flexibility index (Phi) is 3.58. The number of fused-ring (bicyclic) bond motifs is 1. The van der Waals surface area contributed by atoms with Gasteiger partial charge in [0.2, 0.25) is 0 Å². The van der Waals surface area contributed by atoms with Crippen molar-refractivity contribution in [1.82, 2.24) is 14.5 Å². The second-order valence-corrected chi connectivity index (χ2v) is 6.95. The number of hydrogen-bond donors (Lipinski definition) is 0. The molecule has 0 saturated carbocycles. The molecule has 0 unspecified atom stereocenters. The Labute approximate surface area is 134 Å². The highest BCUT2D eigenvalue weighted by atomic mass is 32.1. The van der Waals surface area contributed by atoms with Crippen LogP contribution in [0.1, 0.15) is 30.7 Å². The lowest BCUT2D eigenvalue weighted by atomic mass is 10.0. The number of piperidine rings is 1. The molecule has 0 aromatic carbocycles. The number of anilines is 1. The topological polar surface area (TPSA) is 34.0 Å². The summed E-state index contributed by atoms with van der Waals surface area (Å²) in [4.78, 5) is 14.0. The van der Waals surface area contributed by atoms with E-state index in [-0.39, 0.29) is 0 Å². The van der Waals surface area contributed by atoms with Crippen LogP contribution in [-0.4, -0.2) is 27.6 Å². The minimum absolute atomic E-state index is 0.622. The molecular weight excluding hydrogens is 292 g/mol. The summed E-state index contributed by atoms with van der Waals surface area (Å²) < 4.78 is 2.34. The van der Waals surface area contributed by atoms with E-state index in [4.69, 9.17) is 0 Å². The van der Waals surface area contributed by atoms with Crippen molar-refractivity contribution in [3.05, 3.63) is 41.8 Å². The van der Waals surface area contributed by atoms with Gasteiger partial charge in [-0.05, 0) is 37.5 Å². The van der Waals surface area contributed by atoms with E-state index in [2.05, 4.69) is 57.0 Å². The number of rotatable bonds is 3. The molecule has 0 bridgehead atoms. The molecule has 1 aliphatic rings. The fourth-order valence-corrected chi connectivity index (χ4v) is 4.22. The maximum Gasteiger partial charge on any atom is 0.140 e. The SMILES string of the molecule is CCc1cc2c(N3CCC(n4cccc4)CC3)ncnc2s1. The van der Waals surface area contributed by atoms with E-state index in [0.717, 1.165) is 30.2 Å². The van der Waals surface area contributed by atoms with E-state index in [0.29, 0.717) is 6.04 Å². The average Bonchev–Trinajstić information content (AvgIpc) is 3.23. The van der Waals surface area contributed by atoms with Gasteiger partial charge in [0, 0.05) is 36.4 Å². The Bertz CT molecular complexity index is 754. The van der Waals surface area contributed by atoms with Gasteiger partial charge in [-0.25, -0.2) is 9.97 Å². The van der Waals surface area contributed by atoms with Crippen LogP contribution in [0.15, 0.2) is 36.9 Å². The lowest BCUT2D eigenvalue weighted by molar-refractivity contribution is 0.396. The molecule has 1 saturated heterocycles. The van der Waals surface area contributed by atoms with Gasteiger partial charge in [0.25, 0.3) is 0 Å². The zero-order valence-electron chi connectivity index (χ0n) is 12.8. The molecule has 22 heavy (non-hydrogen) atoms. The highest BCUT2D eigenvalue weighted by Crippen LogP contribution is 2.33. The van der Waals surface area contributed by atoms with Gasteiger partial charge < -0.3 is 9.47 Å². The van der Waals surface area contributed by atoms with Crippen molar-refractivity contribution in [1.29, 1.82) is 0 Å². The smallest absolute Gasteiger partial charge is 0.140 e. The number of thiophene rings is 1. The normalized spacial score (nSPS) is 16.5. The molecule has 0 spiro atoms. The van der Waals surface area contributed by atoms with Crippen molar-refractivity contribution < 1.29 is 0 Å². The van der Waals surface area contributed by atoms with Crippen LogP contribution in [0.3, 0.4) is 0 Å². The molecule has 114 valence electrons. The Hall–Kier alpha value is -1.88. The Morgan fingerprint density at radius 1 is 1.18 bits per heavy atom. The van der Waals surface area contributed by atoms with Crippen LogP contribution < -0.4 is 4.90 Å². The summed E-state index contributed by atoms with van der Waals surface area (Å²) in [7, 11) is 0. The quantitative estimate of drug-likeness (QED) is 0.735. The predicted octanol–water partition coefficient (Wildman–Crippen LogP) is 3.90. The third-order valence-electron chi connectivity index (χ3n) is 4.52. The first-order chi connectivity index (χ1) is 10.8. The second kappa shape index (κ2) is 5.72. The molecule has 0 N–H and O–H groups in total. The van der Waals surface area contributed by atoms with E-state index in [1.54, 1.807) is 17.7 Å². The molecule has 3 aromatic rings. The molecule has 5 heteroatoms.